The lowest BCUT2D eigenvalue weighted by Crippen LogP contribution is -2.57. The number of hydrogen-bond acceptors (Lipinski definition) is 10. The average molecular weight is 971 g/mol. The molecule has 1 aromatic heterocycles. The largest absolute Gasteiger partial charge is 0.495 e. The van der Waals surface area contributed by atoms with Crippen LogP contribution in [0.1, 0.15) is 88.5 Å². The number of pyridine rings is 1. The number of hydrogen-bond donors (Lipinski definition) is 3. The lowest BCUT2D eigenvalue weighted by Gasteiger charge is -2.54. The van der Waals surface area contributed by atoms with Crippen LogP contribution in [0.5, 0.6) is 5.75 Å². The lowest BCUT2D eigenvalue weighted by atomic mass is 9.52. The number of likely N-dealkylation sites (N-methyl/N-ethyl adjacent to an activating group) is 1. The third-order valence-corrected chi connectivity index (χ3v) is 16.1. The van der Waals surface area contributed by atoms with Gasteiger partial charge in [0.05, 0.1) is 23.9 Å². The first kappa shape index (κ1) is 46.5. The van der Waals surface area contributed by atoms with Gasteiger partial charge in [0, 0.05) is 97.3 Å². The Bertz CT molecular complexity index is 2820. The van der Waals surface area contributed by atoms with Crippen molar-refractivity contribution in [3.05, 3.63) is 111 Å². The minimum Gasteiger partial charge on any atom is -0.495 e. The van der Waals surface area contributed by atoms with Crippen molar-refractivity contribution in [2.45, 2.75) is 81.7 Å². The van der Waals surface area contributed by atoms with Crippen molar-refractivity contribution < 1.29 is 46.3 Å². The molecule has 3 aromatic carbocycles. The second-order valence-corrected chi connectivity index (χ2v) is 20.1. The topological polar surface area (TPSA) is 157 Å². The van der Waals surface area contributed by atoms with Crippen LogP contribution < -0.4 is 25.6 Å². The monoisotopic (exact) mass is 970 g/mol. The van der Waals surface area contributed by atoms with E-state index in [-0.39, 0.29) is 82.7 Å². The number of piperazine rings is 1. The van der Waals surface area contributed by atoms with Crippen molar-refractivity contribution >= 4 is 58.2 Å². The van der Waals surface area contributed by atoms with Crippen LogP contribution in [0, 0.1) is 17.2 Å². The number of likely N-dealkylation sites (tertiary alicyclic amines) is 1. The van der Waals surface area contributed by atoms with Gasteiger partial charge in [0.1, 0.15) is 23.3 Å². The number of methoxy groups -OCH3 is 1. The minimum absolute atomic E-state index is 0.0290. The van der Waals surface area contributed by atoms with E-state index in [1.165, 1.54) is 24.3 Å². The summed E-state index contributed by atoms with van der Waals surface area (Å²) in [5.41, 5.74) is 1.22. The summed E-state index contributed by atoms with van der Waals surface area (Å²) in [4.78, 5) is 77.8. The fourth-order valence-electron chi connectivity index (χ4n) is 12.1. The van der Waals surface area contributed by atoms with E-state index >= 15 is 9.18 Å². The number of fused-ring (bicyclic) bond motifs is 3. The van der Waals surface area contributed by atoms with Gasteiger partial charge in [0.2, 0.25) is 17.7 Å². The first-order valence-corrected chi connectivity index (χ1v) is 23.5. The third kappa shape index (κ3) is 7.64. The molecule has 0 unspecified atom stereocenters. The Balaban J connectivity index is 0.888. The van der Waals surface area contributed by atoms with E-state index < -0.39 is 59.0 Å². The van der Waals surface area contributed by atoms with Crippen LogP contribution in [-0.4, -0.2) is 114 Å². The van der Waals surface area contributed by atoms with E-state index in [0.29, 0.717) is 42.9 Å². The predicted octanol–water partition coefficient (Wildman–Crippen LogP) is 6.83. The van der Waals surface area contributed by atoms with Crippen molar-refractivity contribution in [1.82, 2.24) is 25.0 Å². The SMILES string of the molecule is COc1cc(C(=O)N2CCN(c3ccc4c(c3)CN([C@H]3CCC(=O)NC3=O)C4=O)CC2)ccc1NC(=O)[C@H]1[C@H](c2cccc(Cl)c2F)[C@]2(CNc3cc(C(F)(F)F)ncc32)[C@H]([C@H]2CCC2(C)C)N1C. The Labute approximate surface area is 400 Å². The molecular formula is C50H51ClF4N8O6. The number of amides is 5. The Hall–Kier alpha value is -6.27. The van der Waals surface area contributed by atoms with Crippen LogP contribution in [-0.2, 0) is 32.5 Å². The number of alkyl halides is 3. The molecule has 5 amide bonds. The Kier molecular flexibility index (Phi) is 11.4. The Morgan fingerprint density at radius 2 is 1.75 bits per heavy atom. The highest BCUT2D eigenvalue weighted by Gasteiger charge is 2.68. The molecule has 3 N–H and O–H groups in total. The summed E-state index contributed by atoms with van der Waals surface area (Å²) in [5, 5.41) is 8.42. The number of ether oxygens (including phenoxy) is 1. The molecule has 4 fully saturated rings. The number of carbonyl (C=O) groups excluding carboxylic acids is 5. The standard InChI is InChI=1S/C50H51ClF4N8O6/c1-48(2)15-14-31(48)43-49(25-57-35-22-38(50(53,54)55)56-23-32(35)49)40(30-6-5-7-33(51)41(30)52)42(60(43)3)45(66)58-34-11-8-26(21-37(34)69-4)46(67)62-18-16-61(17-19-62)28-9-10-29-27(20-28)24-63(47(29)68)36-12-13-39(64)59-44(36)65/h5-11,20-23,31,36,40,42-43,57H,12-19,24-25H2,1-4H3,(H,58,66)(H,59,64,65)/t31-,36+,40+,42-,43+,49-/m1/s1. The number of rotatable bonds is 8. The Morgan fingerprint density at radius 1 is 0.986 bits per heavy atom. The molecule has 6 aliphatic rings. The summed E-state index contributed by atoms with van der Waals surface area (Å²) in [6.45, 7) is 6.41. The molecule has 0 radical (unpaired) electrons. The molecule has 5 aliphatic heterocycles. The highest BCUT2D eigenvalue weighted by atomic mass is 35.5. The van der Waals surface area contributed by atoms with Gasteiger partial charge >= 0.3 is 6.18 Å². The normalized spacial score (nSPS) is 26.4. The van der Waals surface area contributed by atoms with Gasteiger partial charge in [0.25, 0.3) is 11.8 Å². The summed E-state index contributed by atoms with van der Waals surface area (Å²) in [5.74, 6) is -3.32. The maximum Gasteiger partial charge on any atom is 0.433 e. The van der Waals surface area contributed by atoms with Crippen LogP contribution in [0.25, 0.3) is 0 Å². The maximum atomic E-state index is 16.5. The first-order valence-electron chi connectivity index (χ1n) is 23.1. The van der Waals surface area contributed by atoms with Gasteiger partial charge in [-0.3, -0.25) is 39.2 Å². The zero-order valence-corrected chi connectivity index (χ0v) is 39.1. The van der Waals surface area contributed by atoms with E-state index in [9.17, 15) is 32.3 Å². The molecule has 1 spiro atoms. The van der Waals surface area contributed by atoms with Crippen molar-refractivity contribution in [2.24, 2.45) is 11.3 Å². The zero-order chi connectivity index (χ0) is 48.9. The third-order valence-electron chi connectivity index (χ3n) is 15.8. The quantitative estimate of drug-likeness (QED) is 0.126. The average Bonchev–Trinajstić information content (AvgIpc) is 3.94. The second kappa shape index (κ2) is 17.0. The number of imide groups is 1. The second-order valence-electron chi connectivity index (χ2n) is 19.7. The summed E-state index contributed by atoms with van der Waals surface area (Å²) >= 11 is 6.44. The van der Waals surface area contributed by atoms with Crippen LogP contribution >= 0.6 is 11.6 Å². The lowest BCUT2D eigenvalue weighted by molar-refractivity contribution is -0.141. The predicted molar refractivity (Wildman–Crippen MR) is 248 cm³/mol. The molecule has 0 bridgehead atoms. The maximum absolute atomic E-state index is 16.5. The van der Waals surface area contributed by atoms with Crippen molar-refractivity contribution in [3.63, 3.8) is 0 Å². The molecule has 10 rings (SSSR count). The van der Waals surface area contributed by atoms with E-state index in [1.807, 2.05) is 24.1 Å². The van der Waals surface area contributed by atoms with Gasteiger partial charge in [-0.05, 0) is 97.3 Å². The van der Waals surface area contributed by atoms with Crippen molar-refractivity contribution in [1.29, 1.82) is 0 Å². The molecule has 1 aliphatic carbocycles. The van der Waals surface area contributed by atoms with Gasteiger partial charge in [-0.2, -0.15) is 13.2 Å². The smallest absolute Gasteiger partial charge is 0.433 e. The van der Waals surface area contributed by atoms with Crippen LogP contribution in [0.4, 0.5) is 34.6 Å². The number of aromatic nitrogens is 1. The molecule has 69 heavy (non-hydrogen) atoms. The molecule has 362 valence electrons. The molecule has 6 atom stereocenters. The van der Waals surface area contributed by atoms with E-state index in [4.69, 9.17) is 16.3 Å². The number of benzene rings is 3. The van der Waals surface area contributed by atoms with Gasteiger partial charge in [-0.15, -0.1) is 0 Å². The fraction of sp³-hybridized carbons (Fsp3) is 0.440. The fourth-order valence-corrected chi connectivity index (χ4v) is 12.3. The van der Waals surface area contributed by atoms with E-state index in [0.717, 1.165) is 30.2 Å². The molecule has 3 saturated heterocycles. The minimum atomic E-state index is -4.70. The highest BCUT2D eigenvalue weighted by molar-refractivity contribution is 6.30. The first-order chi connectivity index (χ1) is 32.8. The summed E-state index contributed by atoms with van der Waals surface area (Å²) in [6, 6.07) is 13.7. The van der Waals surface area contributed by atoms with Gasteiger partial charge in [0.15, 0.2) is 0 Å². The number of carbonyl (C=O) groups is 5. The number of halogens is 5. The van der Waals surface area contributed by atoms with Crippen molar-refractivity contribution in [3.8, 4) is 5.75 Å². The van der Waals surface area contributed by atoms with Crippen LogP contribution in [0.2, 0.25) is 5.02 Å². The highest BCUT2D eigenvalue weighted by Crippen LogP contribution is 2.64. The van der Waals surface area contributed by atoms with Gasteiger partial charge in [-0.1, -0.05) is 37.6 Å². The molecule has 19 heteroatoms. The number of nitrogens with zero attached hydrogens (tertiary/aromatic N) is 5. The molecule has 4 aromatic rings. The van der Waals surface area contributed by atoms with Crippen molar-refractivity contribution in [2.75, 3.05) is 62.4 Å². The van der Waals surface area contributed by atoms with Gasteiger partial charge < -0.3 is 30.1 Å². The number of anilines is 3. The van der Waals surface area contributed by atoms with E-state index in [2.05, 4.69) is 39.7 Å². The summed E-state index contributed by atoms with van der Waals surface area (Å²) < 4.78 is 64.3. The zero-order valence-electron chi connectivity index (χ0n) is 38.4. The molecular weight excluding hydrogens is 920 g/mol. The molecule has 14 nitrogen and oxygen atoms in total. The Morgan fingerprint density at radius 3 is 2.43 bits per heavy atom. The van der Waals surface area contributed by atoms with E-state index in [1.54, 1.807) is 41.3 Å². The van der Waals surface area contributed by atoms with Gasteiger partial charge in [-0.25, -0.2) is 4.39 Å². The number of nitrogens with one attached hydrogen (secondary N) is 3. The molecule has 6 heterocycles. The van der Waals surface area contributed by atoms with Crippen LogP contribution in [0.3, 0.4) is 0 Å². The van der Waals surface area contributed by atoms with Crippen LogP contribution in [0.15, 0.2) is 66.9 Å². The summed E-state index contributed by atoms with van der Waals surface area (Å²) in [6.07, 6.45) is -1.35. The number of piperidine rings is 1. The summed E-state index contributed by atoms with van der Waals surface area (Å²) in [7, 11) is 3.23. The molecule has 1 saturated carbocycles.